The molecule has 6 heteroatoms. The van der Waals surface area contributed by atoms with Gasteiger partial charge in [0.15, 0.2) is 0 Å². The zero-order chi connectivity index (χ0) is 22.1. The number of hydrogen-bond donors (Lipinski definition) is 3. The van der Waals surface area contributed by atoms with E-state index in [1.54, 1.807) is 6.92 Å². The summed E-state index contributed by atoms with van der Waals surface area (Å²) < 4.78 is 0. The average Bonchev–Trinajstić information content (AvgIpc) is 2.92. The van der Waals surface area contributed by atoms with Crippen LogP contribution < -0.4 is 0 Å². The molecular weight excluding hydrogens is 384 g/mol. The molecule has 3 rings (SSSR count). The summed E-state index contributed by atoms with van der Waals surface area (Å²) in [7, 11) is 0. The van der Waals surface area contributed by atoms with Crippen molar-refractivity contribution in [3.05, 3.63) is 11.6 Å². The van der Waals surface area contributed by atoms with Gasteiger partial charge in [0.2, 0.25) is 0 Å². The second-order valence-corrected chi connectivity index (χ2v) is 10.5. The molecule has 1 aliphatic heterocycles. The Morgan fingerprint density at radius 3 is 2.43 bits per heavy atom. The largest absolute Gasteiger partial charge is 0.481 e. The minimum Gasteiger partial charge on any atom is -0.481 e. The van der Waals surface area contributed by atoms with Gasteiger partial charge < -0.3 is 15.3 Å². The molecule has 6 nitrogen and oxygen atoms in total. The lowest BCUT2D eigenvalue weighted by Crippen LogP contribution is -2.57. The van der Waals surface area contributed by atoms with Crippen LogP contribution in [0.2, 0.25) is 0 Å². The molecule has 0 aromatic carbocycles. The van der Waals surface area contributed by atoms with Crippen LogP contribution >= 0.6 is 0 Å². The molecular formula is C24H40O6. The molecule has 0 bridgehead atoms. The van der Waals surface area contributed by atoms with Crippen molar-refractivity contribution >= 4 is 5.97 Å². The highest BCUT2D eigenvalue weighted by atomic mass is 17.2. The van der Waals surface area contributed by atoms with Crippen LogP contribution in [-0.2, 0) is 14.6 Å². The first-order valence-corrected chi connectivity index (χ1v) is 11.7. The molecule has 0 radical (unpaired) electrons. The molecule has 3 N–H and O–H groups in total. The third-order valence-corrected chi connectivity index (χ3v) is 7.81. The summed E-state index contributed by atoms with van der Waals surface area (Å²) in [6.45, 7) is 8.14. The van der Waals surface area contributed by atoms with Crippen LogP contribution in [0.1, 0.15) is 85.5 Å². The number of carbonyl (C=O) groups is 1. The van der Waals surface area contributed by atoms with Crippen molar-refractivity contribution in [3.63, 3.8) is 0 Å². The molecule has 1 heterocycles. The number of hydrogen-bond acceptors (Lipinski definition) is 5. The highest BCUT2D eigenvalue weighted by Crippen LogP contribution is 2.57. The van der Waals surface area contributed by atoms with Gasteiger partial charge in [-0.3, -0.25) is 4.79 Å². The molecule has 2 aliphatic carbocycles. The monoisotopic (exact) mass is 424 g/mol. The second-order valence-electron chi connectivity index (χ2n) is 10.5. The number of allylic oxidation sites excluding steroid dienone is 1. The first-order valence-electron chi connectivity index (χ1n) is 11.7. The first-order chi connectivity index (χ1) is 14.1. The Balaban J connectivity index is 1.38. The Hall–Kier alpha value is -0.950. The normalized spacial score (nSPS) is 43.1. The van der Waals surface area contributed by atoms with Crippen molar-refractivity contribution in [1.29, 1.82) is 0 Å². The van der Waals surface area contributed by atoms with Gasteiger partial charge >= 0.3 is 5.97 Å². The lowest BCUT2D eigenvalue weighted by atomic mass is 9.48. The van der Waals surface area contributed by atoms with Crippen molar-refractivity contribution in [3.8, 4) is 0 Å². The SMILES string of the molecule is CC[C@@H]1[C@@H](CCCCCC[C@]2(C)C[C@@](C)(CC(=O)O)OO2)[C@H]2[C@H](O)[C@H](O)C=C(C)[C@@H]12. The summed E-state index contributed by atoms with van der Waals surface area (Å²) >= 11 is 0. The van der Waals surface area contributed by atoms with Gasteiger partial charge in [-0.25, -0.2) is 9.78 Å². The van der Waals surface area contributed by atoms with E-state index in [2.05, 4.69) is 13.8 Å². The van der Waals surface area contributed by atoms with Gasteiger partial charge in [0, 0.05) is 6.42 Å². The van der Waals surface area contributed by atoms with E-state index in [9.17, 15) is 15.0 Å². The van der Waals surface area contributed by atoms with E-state index in [1.165, 1.54) is 5.57 Å². The molecule has 3 aliphatic rings. The number of aliphatic carboxylic acids is 1. The number of fused-ring (bicyclic) bond motifs is 1. The van der Waals surface area contributed by atoms with Gasteiger partial charge in [-0.1, -0.05) is 50.7 Å². The van der Waals surface area contributed by atoms with Crippen molar-refractivity contribution in [2.75, 3.05) is 0 Å². The topological polar surface area (TPSA) is 96.2 Å². The molecule has 1 saturated carbocycles. The molecule has 172 valence electrons. The smallest absolute Gasteiger partial charge is 0.306 e. The maximum absolute atomic E-state index is 11.0. The Labute approximate surface area is 180 Å². The fourth-order valence-electron chi connectivity index (χ4n) is 6.56. The lowest BCUT2D eigenvalue weighted by molar-refractivity contribution is -0.345. The van der Waals surface area contributed by atoms with E-state index in [0.717, 1.165) is 44.9 Å². The Morgan fingerprint density at radius 2 is 1.77 bits per heavy atom. The molecule has 8 atom stereocenters. The fourth-order valence-corrected chi connectivity index (χ4v) is 6.56. The van der Waals surface area contributed by atoms with E-state index >= 15 is 0 Å². The number of carboxylic acid groups (broad SMARTS) is 1. The lowest BCUT2D eigenvalue weighted by Gasteiger charge is -2.57. The summed E-state index contributed by atoms with van der Waals surface area (Å²) in [5.41, 5.74) is 0.0992. The third-order valence-electron chi connectivity index (χ3n) is 7.81. The van der Waals surface area contributed by atoms with E-state index < -0.39 is 29.4 Å². The van der Waals surface area contributed by atoms with Crippen molar-refractivity contribution in [2.24, 2.45) is 23.7 Å². The van der Waals surface area contributed by atoms with E-state index in [-0.39, 0.29) is 12.3 Å². The zero-order valence-electron chi connectivity index (χ0n) is 19.0. The third kappa shape index (κ3) is 4.93. The van der Waals surface area contributed by atoms with Gasteiger partial charge in [0.1, 0.15) is 11.2 Å². The molecule has 0 amide bonds. The molecule has 0 unspecified atom stereocenters. The maximum Gasteiger partial charge on any atom is 0.306 e. The predicted octanol–water partition coefficient (Wildman–Crippen LogP) is 4.24. The van der Waals surface area contributed by atoms with Crippen LogP contribution in [0.5, 0.6) is 0 Å². The average molecular weight is 425 g/mol. The summed E-state index contributed by atoms with van der Waals surface area (Å²) in [6.07, 6.45) is 8.60. The summed E-state index contributed by atoms with van der Waals surface area (Å²) in [5, 5.41) is 29.7. The number of unbranched alkanes of at least 4 members (excludes halogenated alkanes) is 3. The summed E-state index contributed by atoms with van der Waals surface area (Å²) in [6, 6.07) is 0. The number of aliphatic hydroxyl groups is 2. The fraction of sp³-hybridized carbons (Fsp3) is 0.875. The van der Waals surface area contributed by atoms with Crippen molar-refractivity contribution in [1.82, 2.24) is 0 Å². The van der Waals surface area contributed by atoms with E-state index in [1.807, 2.05) is 13.0 Å². The van der Waals surface area contributed by atoms with E-state index in [0.29, 0.717) is 24.2 Å². The second kappa shape index (κ2) is 9.27. The van der Waals surface area contributed by atoms with Crippen molar-refractivity contribution < 1.29 is 29.9 Å². The van der Waals surface area contributed by atoms with Gasteiger partial charge in [0.05, 0.1) is 18.6 Å². The van der Waals surface area contributed by atoms with Crippen LogP contribution in [0.25, 0.3) is 0 Å². The minimum atomic E-state index is -0.866. The van der Waals surface area contributed by atoms with Gasteiger partial charge in [-0.05, 0) is 57.3 Å². The Kier molecular flexibility index (Phi) is 7.33. The minimum absolute atomic E-state index is 0.0417. The zero-order valence-corrected chi connectivity index (χ0v) is 19.0. The van der Waals surface area contributed by atoms with Crippen LogP contribution in [0, 0.1) is 23.7 Å². The number of rotatable bonds is 10. The molecule has 30 heavy (non-hydrogen) atoms. The van der Waals surface area contributed by atoms with Gasteiger partial charge in [-0.2, -0.15) is 0 Å². The maximum atomic E-state index is 11.0. The quantitative estimate of drug-likeness (QED) is 0.276. The molecule has 0 aromatic rings. The van der Waals surface area contributed by atoms with Gasteiger partial charge in [-0.15, -0.1) is 0 Å². The summed E-state index contributed by atoms with van der Waals surface area (Å²) in [5.74, 6) is 0.926. The highest BCUT2D eigenvalue weighted by molar-refractivity contribution is 5.68. The Bertz CT molecular complexity index is 648. The van der Waals surface area contributed by atoms with Gasteiger partial charge in [0.25, 0.3) is 0 Å². The van der Waals surface area contributed by atoms with Crippen LogP contribution in [0.3, 0.4) is 0 Å². The molecule has 1 saturated heterocycles. The van der Waals surface area contributed by atoms with Crippen LogP contribution in [0.15, 0.2) is 11.6 Å². The molecule has 0 aromatic heterocycles. The standard InChI is InChI=1S/C24H40O6/c1-5-16-17(21-20(16)15(2)12-18(25)22(21)28)10-8-6-7-9-11-23(3)14-24(4,30-29-23)13-19(26)27/h12,16-18,20-22,25,28H,5-11,13-14H2,1-4H3,(H,26,27)/t16-,17-,18-,20+,21-,22-,23-,24-/m1/s1. The van der Waals surface area contributed by atoms with Crippen LogP contribution in [0.4, 0.5) is 0 Å². The summed E-state index contributed by atoms with van der Waals surface area (Å²) in [4.78, 5) is 21.9. The predicted molar refractivity (Wildman–Crippen MR) is 114 cm³/mol. The van der Waals surface area contributed by atoms with Crippen molar-refractivity contribution in [2.45, 2.75) is 109 Å². The number of aliphatic hydroxyl groups excluding tert-OH is 2. The highest BCUT2D eigenvalue weighted by Gasteiger charge is 2.55. The Morgan fingerprint density at radius 1 is 1.10 bits per heavy atom. The van der Waals surface area contributed by atoms with E-state index in [4.69, 9.17) is 14.9 Å². The first kappa shape index (κ1) is 23.7. The number of carboxylic acids is 1. The molecule has 2 fully saturated rings. The molecule has 0 spiro atoms. The van der Waals surface area contributed by atoms with Crippen LogP contribution in [-0.4, -0.2) is 44.7 Å².